The third kappa shape index (κ3) is 3.33. The minimum absolute atomic E-state index is 0.340. The normalized spacial score (nSPS) is 16.7. The van der Waals surface area contributed by atoms with Gasteiger partial charge in [-0.15, -0.1) is 0 Å². The number of hydrogen-bond donors (Lipinski definition) is 2. The van der Waals surface area contributed by atoms with Gasteiger partial charge in [0.15, 0.2) is 0 Å². The molecule has 1 aromatic rings. The van der Waals surface area contributed by atoms with Gasteiger partial charge in [0.2, 0.25) is 0 Å². The van der Waals surface area contributed by atoms with Crippen LogP contribution in [0.15, 0.2) is 0 Å². The molecule has 1 aliphatic carbocycles. The van der Waals surface area contributed by atoms with Crippen molar-refractivity contribution in [3.05, 3.63) is 16.5 Å². The van der Waals surface area contributed by atoms with Crippen LogP contribution in [0.2, 0.25) is 5.15 Å². The van der Waals surface area contributed by atoms with Crippen LogP contribution in [-0.2, 0) is 0 Å². The van der Waals surface area contributed by atoms with E-state index in [2.05, 4.69) is 22.2 Å². The fourth-order valence-corrected chi connectivity index (χ4v) is 2.03. The van der Waals surface area contributed by atoms with Crippen molar-refractivity contribution in [1.82, 2.24) is 9.97 Å². The first-order valence-electron chi connectivity index (χ1n) is 6.57. The molecule has 0 amide bonds. The van der Waals surface area contributed by atoms with Gasteiger partial charge >= 0.3 is 0 Å². The summed E-state index contributed by atoms with van der Waals surface area (Å²) in [6.45, 7) is 4.46. The molecule has 100 valence electrons. The topological polar surface area (TPSA) is 58.0 Å². The van der Waals surface area contributed by atoms with Crippen molar-refractivity contribution in [2.45, 2.75) is 51.6 Å². The van der Waals surface area contributed by atoms with Crippen molar-refractivity contribution >= 4 is 17.4 Å². The first-order valence-corrected chi connectivity index (χ1v) is 6.95. The summed E-state index contributed by atoms with van der Waals surface area (Å²) in [5.41, 5.74) is 0.852. The van der Waals surface area contributed by atoms with Gasteiger partial charge in [0.25, 0.3) is 0 Å². The molecule has 1 unspecified atom stereocenters. The number of halogens is 1. The van der Waals surface area contributed by atoms with Gasteiger partial charge in [-0.1, -0.05) is 24.9 Å². The minimum atomic E-state index is -0.340. The average Bonchev–Trinajstić information content (AvgIpc) is 3.15. The van der Waals surface area contributed by atoms with Gasteiger partial charge < -0.3 is 10.4 Å². The maximum absolute atomic E-state index is 9.72. The Morgan fingerprint density at radius 1 is 1.44 bits per heavy atom. The summed E-state index contributed by atoms with van der Waals surface area (Å²) in [6.07, 6.45) is 3.72. The Morgan fingerprint density at radius 2 is 2.17 bits per heavy atom. The van der Waals surface area contributed by atoms with E-state index in [0.29, 0.717) is 17.6 Å². The molecule has 1 saturated carbocycles. The van der Waals surface area contributed by atoms with E-state index in [0.717, 1.165) is 42.9 Å². The van der Waals surface area contributed by atoms with Gasteiger partial charge in [0.1, 0.15) is 16.8 Å². The van der Waals surface area contributed by atoms with Gasteiger partial charge in [-0.2, -0.15) is 0 Å². The van der Waals surface area contributed by atoms with E-state index in [-0.39, 0.29) is 6.10 Å². The summed E-state index contributed by atoms with van der Waals surface area (Å²) in [5.74, 6) is 2.06. The summed E-state index contributed by atoms with van der Waals surface area (Å²) in [5, 5.41) is 13.4. The predicted octanol–water partition coefficient (Wildman–Crippen LogP) is 2.89. The monoisotopic (exact) mass is 269 g/mol. The molecule has 1 heterocycles. The van der Waals surface area contributed by atoms with E-state index in [1.807, 2.05) is 6.92 Å². The van der Waals surface area contributed by atoms with Crippen LogP contribution < -0.4 is 5.32 Å². The minimum Gasteiger partial charge on any atom is -0.391 e. The third-order valence-corrected chi connectivity index (χ3v) is 3.54. The summed E-state index contributed by atoms with van der Waals surface area (Å²) in [6, 6.07) is 0. The number of anilines is 1. The molecule has 1 aliphatic rings. The number of nitrogens with one attached hydrogen (secondary N) is 1. The van der Waals surface area contributed by atoms with Crippen LogP contribution >= 0.6 is 11.6 Å². The highest BCUT2D eigenvalue weighted by molar-refractivity contribution is 6.30. The van der Waals surface area contributed by atoms with Crippen molar-refractivity contribution in [3.63, 3.8) is 0 Å². The van der Waals surface area contributed by atoms with E-state index in [9.17, 15) is 5.11 Å². The Labute approximate surface area is 113 Å². The zero-order valence-electron chi connectivity index (χ0n) is 10.9. The molecule has 0 bridgehead atoms. The summed E-state index contributed by atoms with van der Waals surface area (Å²) in [4.78, 5) is 8.82. The molecular formula is C13H20ClN3O. The predicted molar refractivity (Wildman–Crippen MR) is 73.2 cm³/mol. The van der Waals surface area contributed by atoms with Gasteiger partial charge in [-0.25, -0.2) is 9.97 Å². The SMILES string of the molecule is CCCC(O)CNc1nc(C2CC2)nc(Cl)c1C. The largest absolute Gasteiger partial charge is 0.391 e. The van der Waals surface area contributed by atoms with Crippen LogP contribution in [0, 0.1) is 6.92 Å². The molecular weight excluding hydrogens is 250 g/mol. The second-order valence-corrected chi connectivity index (χ2v) is 5.30. The lowest BCUT2D eigenvalue weighted by Crippen LogP contribution is -2.20. The van der Waals surface area contributed by atoms with Crippen LogP contribution in [0.3, 0.4) is 0 Å². The quantitative estimate of drug-likeness (QED) is 0.780. The molecule has 0 aromatic carbocycles. The van der Waals surface area contributed by atoms with Crippen molar-refractivity contribution in [3.8, 4) is 0 Å². The zero-order valence-corrected chi connectivity index (χ0v) is 11.7. The fourth-order valence-electron chi connectivity index (χ4n) is 1.85. The summed E-state index contributed by atoms with van der Waals surface area (Å²) in [7, 11) is 0. The van der Waals surface area contributed by atoms with Crippen LogP contribution in [-0.4, -0.2) is 27.7 Å². The maximum atomic E-state index is 9.72. The number of nitrogens with zero attached hydrogens (tertiary/aromatic N) is 2. The molecule has 5 heteroatoms. The second kappa shape index (κ2) is 5.85. The highest BCUT2D eigenvalue weighted by Crippen LogP contribution is 2.39. The Bertz CT molecular complexity index is 421. The lowest BCUT2D eigenvalue weighted by atomic mass is 10.2. The highest BCUT2D eigenvalue weighted by Gasteiger charge is 2.28. The second-order valence-electron chi connectivity index (χ2n) is 4.94. The molecule has 0 spiro atoms. The Morgan fingerprint density at radius 3 is 2.78 bits per heavy atom. The number of aromatic nitrogens is 2. The van der Waals surface area contributed by atoms with Gasteiger partial charge in [-0.05, 0) is 26.2 Å². The van der Waals surface area contributed by atoms with Crippen molar-refractivity contribution in [2.75, 3.05) is 11.9 Å². The van der Waals surface area contributed by atoms with Crippen molar-refractivity contribution in [1.29, 1.82) is 0 Å². The lowest BCUT2D eigenvalue weighted by Gasteiger charge is -2.14. The standard InChI is InChI=1S/C13H20ClN3O/c1-3-4-10(18)7-15-12-8(2)11(14)16-13(17-12)9-5-6-9/h9-10,18H,3-7H2,1-2H3,(H,15,16,17). The number of hydrogen-bond acceptors (Lipinski definition) is 4. The van der Waals surface area contributed by atoms with E-state index < -0.39 is 0 Å². The molecule has 0 saturated heterocycles. The van der Waals surface area contributed by atoms with E-state index in [1.54, 1.807) is 0 Å². The average molecular weight is 270 g/mol. The highest BCUT2D eigenvalue weighted by atomic mass is 35.5. The zero-order chi connectivity index (χ0) is 13.1. The first kappa shape index (κ1) is 13.6. The van der Waals surface area contributed by atoms with E-state index in [1.165, 1.54) is 0 Å². The van der Waals surface area contributed by atoms with E-state index in [4.69, 9.17) is 11.6 Å². The fraction of sp³-hybridized carbons (Fsp3) is 0.692. The molecule has 18 heavy (non-hydrogen) atoms. The smallest absolute Gasteiger partial charge is 0.137 e. The lowest BCUT2D eigenvalue weighted by molar-refractivity contribution is 0.176. The summed E-state index contributed by atoms with van der Waals surface area (Å²) < 4.78 is 0. The number of rotatable bonds is 6. The molecule has 1 atom stereocenters. The van der Waals surface area contributed by atoms with Crippen LogP contribution in [0.4, 0.5) is 5.82 Å². The molecule has 2 N–H and O–H groups in total. The molecule has 4 nitrogen and oxygen atoms in total. The van der Waals surface area contributed by atoms with Crippen molar-refractivity contribution in [2.24, 2.45) is 0 Å². The Balaban J connectivity index is 2.06. The third-order valence-electron chi connectivity index (χ3n) is 3.17. The van der Waals surface area contributed by atoms with Crippen molar-refractivity contribution < 1.29 is 5.11 Å². The number of aliphatic hydroxyl groups excluding tert-OH is 1. The molecule has 0 radical (unpaired) electrons. The first-order chi connectivity index (χ1) is 8.61. The molecule has 0 aliphatic heterocycles. The van der Waals surface area contributed by atoms with E-state index >= 15 is 0 Å². The Kier molecular flexibility index (Phi) is 4.40. The van der Waals surface area contributed by atoms with Crippen LogP contribution in [0.5, 0.6) is 0 Å². The van der Waals surface area contributed by atoms with Gasteiger partial charge in [0, 0.05) is 18.0 Å². The summed E-state index contributed by atoms with van der Waals surface area (Å²) >= 11 is 6.11. The Hall–Kier alpha value is -0.870. The van der Waals surface area contributed by atoms with Gasteiger partial charge in [0.05, 0.1) is 6.10 Å². The molecule has 1 fully saturated rings. The number of aliphatic hydroxyl groups is 1. The molecule has 2 rings (SSSR count). The van der Waals surface area contributed by atoms with Crippen LogP contribution in [0.25, 0.3) is 0 Å². The van der Waals surface area contributed by atoms with Crippen LogP contribution in [0.1, 0.15) is 49.9 Å². The maximum Gasteiger partial charge on any atom is 0.137 e. The molecule has 1 aromatic heterocycles. The van der Waals surface area contributed by atoms with Gasteiger partial charge in [-0.3, -0.25) is 0 Å².